The standard InChI is InChI=1S/C15H11BrN2O2/c1-8-6-9(2-4-11(8)16)14(19)10-3-5-12-13(7-10)18-15(20)17-12/h2-7H,1H3,(H2,17,18,20). The van der Waals surface area contributed by atoms with Gasteiger partial charge in [0.15, 0.2) is 5.78 Å². The Kier molecular flexibility index (Phi) is 3.06. The topological polar surface area (TPSA) is 65.7 Å². The second kappa shape index (κ2) is 4.76. The SMILES string of the molecule is Cc1cc(C(=O)c2ccc3[nH]c(=O)[nH]c3c2)ccc1Br. The number of hydrogen-bond acceptors (Lipinski definition) is 2. The van der Waals surface area contributed by atoms with Crippen molar-refractivity contribution in [3.63, 3.8) is 0 Å². The van der Waals surface area contributed by atoms with Crippen LogP contribution in [0.4, 0.5) is 0 Å². The Morgan fingerprint density at radius 2 is 1.65 bits per heavy atom. The summed E-state index contributed by atoms with van der Waals surface area (Å²) in [6, 6.07) is 10.6. The van der Waals surface area contributed by atoms with E-state index >= 15 is 0 Å². The van der Waals surface area contributed by atoms with Crippen LogP contribution in [-0.4, -0.2) is 15.8 Å². The first-order chi connectivity index (χ1) is 9.54. The van der Waals surface area contributed by atoms with E-state index in [1.807, 2.05) is 19.1 Å². The lowest BCUT2D eigenvalue weighted by atomic mass is 10.0. The molecule has 0 spiro atoms. The first kappa shape index (κ1) is 12.9. The van der Waals surface area contributed by atoms with Gasteiger partial charge in [0.1, 0.15) is 0 Å². The fourth-order valence-corrected chi connectivity index (χ4v) is 2.37. The van der Waals surface area contributed by atoms with Crippen LogP contribution in [0.2, 0.25) is 0 Å². The van der Waals surface area contributed by atoms with E-state index in [2.05, 4.69) is 25.9 Å². The first-order valence-electron chi connectivity index (χ1n) is 6.07. The van der Waals surface area contributed by atoms with Gasteiger partial charge in [-0.2, -0.15) is 0 Å². The molecule has 2 aromatic carbocycles. The Hall–Kier alpha value is -2.14. The number of halogens is 1. The van der Waals surface area contributed by atoms with Crippen LogP contribution in [-0.2, 0) is 0 Å². The van der Waals surface area contributed by atoms with Crippen LogP contribution >= 0.6 is 15.9 Å². The minimum absolute atomic E-state index is 0.0652. The molecule has 3 aromatic rings. The third kappa shape index (κ3) is 2.20. The largest absolute Gasteiger partial charge is 0.323 e. The van der Waals surface area contributed by atoms with Gasteiger partial charge in [0.25, 0.3) is 0 Å². The molecule has 0 saturated carbocycles. The number of ketones is 1. The molecule has 4 nitrogen and oxygen atoms in total. The number of carbonyl (C=O) groups is 1. The van der Waals surface area contributed by atoms with Gasteiger partial charge in [-0.25, -0.2) is 4.79 Å². The summed E-state index contributed by atoms with van der Waals surface area (Å²) in [6.45, 7) is 1.94. The molecule has 0 aliphatic carbocycles. The number of carbonyl (C=O) groups excluding carboxylic acids is 1. The minimum Gasteiger partial charge on any atom is -0.306 e. The third-order valence-corrected chi connectivity index (χ3v) is 4.09. The Morgan fingerprint density at radius 1 is 1.00 bits per heavy atom. The monoisotopic (exact) mass is 330 g/mol. The summed E-state index contributed by atoms with van der Waals surface area (Å²) < 4.78 is 0.972. The lowest BCUT2D eigenvalue weighted by Crippen LogP contribution is -2.01. The van der Waals surface area contributed by atoms with E-state index < -0.39 is 0 Å². The highest BCUT2D eigenvalue weighted by Crippen LogP contribution is 2.20. The van der Waals surface area contributed by atoms with Gasteiger partial charge in [0.2, 0.25) is 0 Å². The van der Waals surface area contributed by atoms with Gasteiger partial charge in [0, 0.05) is 15.6 Å². The van der Waals surface area contributed by atoms with Gasteiger partial charge in [-0.1, -0.05) is 15.9 Å². The lowest BCUT2D eigenvalue weighted by molar-refractivity contribution is 0.103. The summed E-state index contributed by atoms with van der Waals surface area (Å²) in [7, 11) is 0. The fourth-order valence-electron chi connectivity index (χ4n) is 2.13. The maximum absolute atomic E-state index is 12.4. The lowest BCUT2D eigenvalue weighted by Gasteiger charge is -2.04. The summed E-state index contributed by atoms with van der Waals surface area (Å²) in [5.74, 6) is -0.0652. The molecule has 100 valence electrons. The average Bonchev–Trinajstić information content (AvgIpc) is 2.80. The molecule has 0 radical (unpaired) electrons. The van der Waals surface area contributed by atoms with Crippen LogP contribution in [0.1, 0.15) is 21.5 Å². The van der Waals surface area contributed by atoms with E-state index in [1.165, 1.54) is 0 Å². The fraction of sp³-hybridized carbons (Fsp3) is 0.0667. The number of H-pyrrole nitrogens is 2. The van der Waals surface area contributed by atoms with Gasteiger partial charge < -0.3 is 9.97 Å². The quantitative estimate of drug-likeness (QED) is 0.709. The highest BCUT2D eigenvalue weighted by atomic mass is 79.9. The zero-order valence-electron chi connectivity index (χ0n) is 10.7. The normalized spacial score (nSPS) is 10.9. The van der Waals surface area contributed by atoms with E-state index in [0.29, 0.717) is 22.2 Å². The maximum Gasteiger partial charge on any atom is 0.323 e. The van der Waals surface area contributed by atoms with Crippen molar-refractivity contribution in [2.24, 2.45) is 0 Å². The summed E-state index contributed by atoms with van der Waals surface area (Å²) in [6.07, 6.45) is 0. The third-order valence-electron chi connectivity index (χ3n) is 3.20. The van der Waals surface area contributed by atoms with Crippen molar-refractivity contribution in [3.8, 4) is 0 Å². The molecule has 0 saturated heterocycles. The smallest absolute Gasteiger partial charge is 0.306 e. The van der Waals surface area contributed by atoms with Crippen LogP contribution in [0.3, 0.4) is 0 Å². The van der Waals surface area contributed by atoms with Crippen molar-refractivity contribution in [3.05, 3.63) is 68.0 Å². The highest BCUT2D eigenvalue weighted by Gasteiger charge is 2.11. The molecule has 3 rings (SSSR count). The molecule has 1 aromatic heterocycles. The molecule has 0 atom stereocenters. The molecular formula is C15H11BrN2O2. The molecule has 0 bridgehead atoms. The van der Waals surface area contributed by atoms with Crippen molar-refractivity contribution in [2.75, 3.05) is 0 Å². The van der Waals surface area contributed by atoms with Gasteiger partial charge >= 0.3 is 5.69 Å². The number of rotatable bonds is 2. The van der Waals surface area contributed by atoms with Crippen LogP contribution in [0, 0.1) is 6.92 Å². The van der Waals surface area contributed by atoms with E-state index in [4.69, 9.17) is 0 Å². The number of benzene rings is 2. The second-order valence-corrected chi connectivity index (χ2v) is 5.49. The maximum atomic E-state index is 12.4. The number of imidazole rings is 1. The van der Waals surface area contributed by atoms with Crippen molar-refractivity contribution in [1.82, 2.24) is 9.97 Å². The average molecular weight is 331 g/mol. The summed E-state index contributed by atoms with van der Waals surface area (Å²) in [5.41, 5.74) is 3.24. The highest BCUT2D eigenvalue weighted by molar-refractivity contribution is 9.10. The van der Waals surface area contributed by atoms with E-state index in [-0.39, 0.29) is 11.5 Å². The summed E-state index contributed by atoms with van der Waals surface area (Å²) in [5, 5.41) is 0. The molecule has 0 aliphatic rings. The molecule has 0 fully saturated rings. The Bertz CT molecular complexity index is 877. The van der Waals surface area contributed by atoms with Crippen LogP contribution in [0.25, 0.3) is 11.0 Å². The number of aromatic nitrogens is 2. The molecule has 5 heteroatoms. The van der Waals surface area contributed by atoms with Gasteiger partial charge in [-0.15, -0.1) is 0 Å². The number of aromatic amines is 2. The Labute approximate surface area is 123 Å². The van der Waals surface area contributed by atoms with E-state index in [1.54, 1.807) is 24.3 Å². The zero-order chi connectivity index (χ0) is 14.3. The molecular weight excluding hydrogens is 320 g/mol. The first-order valence-corrected chi connectivity index (χ1v) is 6.87. The van der Waals surface area contributed by atoms with Crippen molar-refractivity contribution in [1.29, 1.82) is 0 Å². The molecule has 2 N–H and O–H groups in total. The summed E-state index contributed by atoms with van der Waals surface area (Å²) >= 11 is 3.41. The van der Waals surface area contributed by atoms with Crippen LogP contribution < -0.4 is 5.69 Å². The van der Waals surface area contributed by atoms with E-state index in [9.17, 15) is 9.59 Å². The molecule has 0 amide bonds. The molecule has 0 aliphatic heterocycles. The second-order valence-electron chi connectivity index (χ2n) is 4.63. The van der Waals surface area contributed by atoms with Crippen molar-refractivity contribution < 1.29 is 4.79 Å². The molecule has 1 heterocycles. The van der Waals surface area contributed by atoms with E-state index in [0.717, 1.165) is 10.0 Å². The predicted molar refractivity (Wildman–Crippen MR) is 81.2 cm³/mol. The predicted octanol–water partition coefficient (Wildman–Crippen LogP) is 3.16. The molecule has 20 heavy (non-hydrogen) atoms. The number of aryl methyl sites for hydroxylation is 1. The minimum atomic E-state index is -0.274. The Balaban J connectivity index is 2.07. The van der Waals surface area contributed by atoms with Crippen molar-refractivity contribution in [2.45, 2.75) is 6.92 Å². The number of hydrogen-bond donors (Lipinski definition) is 2. The summed E-state index contributed by atoms with van der Waals surface area (Å²) in [4.78, 5) is 29.0. The molecule has 0 unspecified atom stereocenters. The van der Waals surface area contributed by atoms with Crippen molar-refractivity contribution >= 4 is 32.7 Å². The number of nitrogens with one attached hydrogen (secondary N) is 2. The van der Waals surface area contributed by atoms with Gasteiger partial charge in [-0.3, -0.25) is 4.79 Å². The van der Waals surface area contributed by atoms with Crippen LogP contribution in [0.15, 0.2) is 45.7 Å². The number of fused-ring (bicyclic) bond motifs is 1. The Morgan fingerprint density at radius 3 is 2.40 bits per heavy atom. The van der Waals surface area contributed by atoms with Crippen LogP contribution in [0.5, 0.6) is 0 Å². The van der Waals surface area contributed by atoms with Gasteiger partial charge in [-0.05, 0) is 48.9 Å². The zero-order valence-corrected chi connectivity index (χ0v) is 12.2. The van der Waals surface area contributed by atoms with Gasteiger partial charge in [0.05, 0.1) is 11.0 Å².